The number of primary amides is 1. The molecule has 0 aliphatic rings. The number of rotatable bonds is 4. The van der Waals surface area contributed by atoms with Crippen molar-refractivity contribution in [3.05, 3.63) is 34.9 Å². The van der Waals surface area contributed by atoms with Crippen LogP contribution in [0.3, 0.4) is 0 Å². The van der Waals surface area contributed by atoms with Crippen molar-refractivity contribution in [2.45, 2.75) is 26.8 Å². The number of carbonyl (C=O) groups is 1. The Morgan fingerprint density at radius 1 is 1.47 bits per heavy atom. The SMILES string of the molecule is CCNC(C(N)=O)c1ccc(C)cc1C. The van der Waals surface area contributed by atoms with Crippen molar-refractivity contribution in [3.8, 4) is 0 Å². The minimum atomic E-state index is -0.379. The molecule has 1 aromatic carbocycles. The topological polar surface area (TPSA) is 55.1 Å². The van der Waals surface area contributed by atoms with Gasteiger partial charge in [-0.3, -0.25) is 4.79 Å². The van der Waals surface area contributed by atoms with Crippen molar-refractivity contribution in [3.63, 3.8) is 0 Å². The van der Waals surface area contributed by atoms with Gasteiger partial charge in [-0.25, -0.2) is 0 Å². The normalized spacial score (nSPS) is 12.5. The van der Waals surface area contributed by atoms with E-state index in [0.717, 1.165) is 17.7 Å². The van der Waals surface area contributed by atoms with Crippen molar-refractivity contribution in [2.24, 2.45) is 5.73 Å². The molecule has 1 aromatic rings. The fourth-order valence-electron chi connectivity index (χ4n) is 1.72. The standard InChI is InChI=1S/C12H18N2O/c1-4-14-11(12(13)15)10-6-5-8(2)7-9(10)3/h5-7,11,14H,4H2,1-3H3,(H2,13,15). The highest BCUT2D eigenvalue weighted by atomic mass is 16.1. The van der Waals surface area contributed by atoms with E-state index in [1.807, 2.05) is 32.9 Å². The van der Waals surface area contributed by atoms with E-state index in [1.54, 1.807) is 0 Å². The molecule has 1 amide bonds. The van der Waals surface area contributed by atoms with Gasteiger partial charge in [-0.2, -0.15) is 0 Å². The minimum absolute atomic E-state index is 0.330. The van der Waals surface area contributed by atoms with Gasteiger partial charge in [0.1, 0.15) is 6.04 Å². The first-order chi connectivity index (χ1) is 7.06. The number of nitrogens with two attached hydrogens (primary N) is 1. The summed E-state index contributed by atoms with van der Waals surface area (Å²) in [6, 6.07) is 5.64. The van der Waals surface area contributed by atoms with Gasteiger partial charge in [-0.1, -0.05) is 30.7 Å². The van der Waals surface area contributed by atoms with Crippen LogP contribution in [0.25, 0.3) is 0 Å². The van der Waals surface area contributed by atoms with Crippen LogP contribution in [0.1, 0.15) is 29.7 Å². The summed E-state index contributed by atoms with van der Waals surface area (Å²) in [5.74, 6) is -0.330. The maximum absolute atomic E-state index is 11.3. The van der Waals surface area contributed by atoms with Crippen molar-refractivity contribution in [2.75, 3.05) is 6.54 Å². The Kier molecular flexibility index (Phi) is 3.86. The van der Waals surface area contributed by atoms with Crippen molar-refractivity contribution >= 4 is 5.91 Å². The van der Waals surface area contributed by atoms with Crippen LogP contribution in [0.5, 0.6) is 0 Å². The maximum atomic E-state index is 11.3. The number of amides is 1. The summed E-state index contributed by atoms with van der Waals surface area (Å²) in [4.78, 5) is 11.3. The van der Waals surface area contributed by atoms with Crippen LogP contribution in [0.2, 0.25) is 0 Å². The lowest BCUT2D eigenvalue weighted by atomic mass is 9.99. The molecule has 3 heteroatoms. The van der Waals surface area contributed by atoms with E-state index in [1.165, 1.54) is 5.56 Å². The van der Waals surface area contributed by atoms with Gasteiger partial charge in [0, 0.05) is 0 Å². The van der Waals surface area contributed by atoms with Gasteiger partial charge >= 0.3 is 0 Å². The zero-order valence-corrected chi connectivity index (χ0v) is 9.50. The van der Waals surface area contributed by atoms with E-state index in [2.05, 4.69) is 11.4 Å². The predicted octanol–water partition coefficient (Wildman–Crippen LogP) is 1.44. The minimum Gasteiger partial charge on any atom is -0.368 e. The van der Waals surface area contributed by atoms with E-state index in [4.69, 9.17) is 5.73 Å². The lowest BCUT2D eigenvalue weighted by Gasteiger charge is -2.17. The highest BCUT2D eigenvalue weighted by Crippen LogP contribution is 2.18. The molecule has 3 N–H and O–H groups in total. The molecule has 0 fully saturated rings. The number of benzene rings is 1. The summed E-state index contributed by atoms with van der Waals surface area (Å²) in [6.07, 6.45) is 0. The van der Waals surface area contributed by atoms with E-state index in [-0.39, 0.29) is 11.9 Å². The van der Waals surface area contributed by atoms with Gasteiger partial charge in [0.05, 0.1) is 0 Å². The zero-order valence-electron chi connectivity index (χ0n) is 9.50. The number of nitrogens with one attached hydrogen (secondary N) is 1. The van der Waals surface area contributed by atoms with Crippen LogP contribution < -0.4 is 11.1 Å². The second kappa shape index (κ2) is 4.94. The van der Waals surface area contributed by atoms with Gasteiger partial charge < -0.3 is 11.1 Å². The Morgan fingerprint density at radius 2 is 2.13 bits per heavy atom. The second-order valence-electron chi connectivity index (χ2n) is 3.75. The third-order valence-electron chi connectivity index (χ3n) is 2.43. The molecule has 0 saturated carbocycles. The van der Waals surface area contributed by atoms with Crippen LogP contribution in [0, 0.1) is 13.8 Å². The fraction of sp³-hybridized carbons (Fsp3) is 0.417. The largest absolute Gasteiger partial charge is 0.368 e. The van der Waals surface area contributed by atoms with Gasteiger partial charge in [0.2, 0.25) is 5.91 Å². The Morgan fingerprint density at radius 3 is 2.60 bits per heavy atom. The predicted molar refractivity (Wildman–Crippen MR) is 61.5 cm³/mol. The Balaban J connectivity index is 3.05. The average Bonchev–Trinajstić information content (AvgIpc) is 2.15. The highest BCUT2D eigenvalue weighted by Gasteiger charge is 2.17. The van der Waals surface area contributed by atoms with Crippen LogP contribution >= 0.6 is 0 Å². The highest BCUT2D eigenvalue weighted by molar-refractivity contribution is 5.81. The number of aryl methyl sites for hydroxylation is 2. The van der Waals surface area contributed by atoms with Crippen LogP contribution in [-0.4, -0.2) is 12.5 Å². The van der Waals surface area contributed by atoms with Gasteiger partial charge in [-0.15, -0.1) is 0 Å². The number of carbonyl (C=O) groups excluding carboxylic acids is 1. The van der Waals surface area contributed by atoms with Crippen molar-refractivity contribution < 1.29 is 4.79 Å². The molecule has 0 heterocycles. The first-order valence-corrected chi connectivity index (χ1v) is 5.16. The summed E-state index contributed by atoms with van der Waals surface area (Å²) in [6.45, 7) is 6.71. The Hall–Kier alpha value is -1.35. The van der Waals surface area contributed by atoms with Gasteiger partial charge in [-0.05, 0) is 31.5 Å². The lowest BCUT2D eigenvalue weighted by Crippen LogP contribution is -2.33. The molecule has 1 atom stereocenters. The molecule has 0 aliphatic heterocycles. The molecule has 0 radical (unpaired) electrons. The quantitative estimate of drug-likeness (QED) is 0.783. The van der Waals surface area contributed by atoms with E-state index in [0.29, 0.717) is 0 Å². The van der Waals surface area contributed by atoms with E-state index < -0.39 is 0 Å². The van der Waals surface area contributed by atoms with Crippen molar-refractivity contribution in [1.29, 1.82) is 0 Å². The monoisotopic (exact) mass is 206 g/mol. The van der Waals surface area contributed by atoms with Gasteiger partial charge in [0.25, 0.3) is 0 Å². The summed E-state index contributed by atoms with van der Waals surface area (Å²) < 4.78 is 0. The maximum Gasteiger partial charge on any atom is 0.239 e. The third-order valence-corrected chi connectivity index (χ3v) is 2.43. The average molecular weight is 206 g/mol. The number of hydrogen-bond donors (Lipinski definition) is 2. The molecule has 0 bridgehead atoms. The van der Waals surface area contributed by atoms with Crippen LogP contribution in [0.15, 0.2) is 18.2 Å². The molecule has 0 aromatic heterocycles. The summed E-state index contributed by atoms with van der Waals surface area (Å²) in [5, 5.41) is 3.08. The Labute approximate surface area is 90.7 Å². The summed E-state index contributed by atoms with van der Waals surface area (Å²) >= 11 is 0. The fourth-order valence-corrected chi connectivity index (χ4v) is 1.72. The number of hydrogen-bond acceptors (Lipinski definition) is 2. The Bertz CT molecular complexity index is 361. The van der Waals surface area contributed by atoms with E-state index >= 15 is 0 Å². The summed E-state index contributed by atoms with van der Waals surface area (Å²) in [5.41, 5.74) is 8.62. The van der Waals surface area contributed by atoms with Crippen LogP contribution in [-0.2, 0) is 4.79 Å². The molecule has 3 nitrogen and oxygen atoms in total. The molecular formula is C12H18N2O. The molecule has 15 heavy (non-hydrogen) atoms. The molecule has 0 aliphatic carbocycles. The second-order valence-corrected chi connectivity index (χ2v) is 3.75. The molecular weight excluding hydrogens is 188 g/mol. The lowest BCUT2D eigenvalue weighted by molar-refractivity contribution is -0.120. The molecule has 0 saturated heterocycles. The smallest absolute Gasteiger partial charge is 0.239 e. The van der Waals surface area contributed by atoms with Gasteiger partial charge in [0.15, 0.2) is 0 Å². The molecule has 1 rings (SSSR count). The first-order valence-electron chi connectivity index (χ1n) is 5.16. The van der Waals surface area contributed by atoms with E-state index in [9.17, 15) is 4.79 Å². The first kappa shape index (κ1) is 11.7. The zero-order chi connectivity index (χ0) is 11.4. The molecule has 82 valence electrons. The summed E-state index contributed by atoms with van der Waals surface area (Å²) in [7, 11) is 0. The van der Waals surface area contributed by atoms with Crippen molar-refractivity contribution in [1.82, 2.24) is 5.32 Å². The number of likely N-dealkylation sites (N-methyl/N-ethyl adjacent to an activating group) is 1. The molecule has 0 spiro atoms. The third kappa shape index (κ3) is 2.80. The van der Waals surface area contributed by atoms with Crippen LogP contribution in [0.4, 0.5) is 0 Å². The molecule has 1 unspecified atom stereocenters.